The largest absolute Gasteiger partial charge is 0.394 e. The maximum absolute atomic E-state index is 12.3. The number of aliphatic hydroxyl groups is 2. The third-order valence-corrected chi connectivity index (χ3v) is 9.07. The Hall–Kier alpha value is -1.65. The molecule has 0 aliphatic heterocycles. The van der Waals surface area contributed by atoms with Crippen LogP contribution in [0.2, 0.25) is 0 Å². The number of aliphatic hydroxyl groups excluding tert-OH is 2. The highest BCUT2D eigenvalue weighted by molar-refractivity contribution is 5.76. The van der Waals surface area contributed by atoms with Crippen LogP contribution in [0.5, 0.6) is 0 Å². The van der Waals surface area contributed by atoms with Gasteiger partial charge in [-0.2, -0.15) is 0 Å². The Morgan fingerprint density at radius 1 is 0.532 bits per heavy atom. The molecule has 3 N–H and O–H groups in total. The lowest BCUT2D eigenvalue weighted by Crippen LogP contribution is -2.45. The van der Waals surface area contributed by atoms with Crippen molar-refractivity contribution in [3.63, 3.8) is 0 Å². The first-order valence-electron chi connectivity index (χ1n) is 20.4. The second-order valence-electron chi connectivity index (χ2n) is 13.7. The van der Waals surface area contributed by atoms with Crippen molar-refractivity contribution in [3.05, 3.63) is 48.6 Å². The molecule has 0 radical (unpaired) electrons. The van der Waals surface area contributed by atoms with Crippen molar-refractivity contribution >= 4 is 5.91 Å². The van der Waals surface area contributed by atoms with Gasteiger partial charge in [0.1, 0.15) is 0 Å². The molecule has 4 heteroatoms. The lowest BCUT2D eigenvalue weighted by atomic mass is 10.0. The van der Waals surface area contributed by atoms with E-state index in [1.54, 1.807) is 6.08 Å². The molecule has 0 aliphatic carbocycles. The van der Waals surface area contributed by atoms with Gasteiger partial charge >= 0.3 is 0 Å². The van der Waals surface area contributed by atoms with Crippen molar-refractivity contribution < 1.29 is 15.0 Å². The second-order valence-corrected chi connectivity index (χ2v) is 13.7. The predicted molar refractivity (Wildman–Crippen MR) is 207 cm³/mol. The quantitative estimate of drug-likeness (QED) is 0.0464. The van der Waals surface area contributed by atoms with Gasteiger partial charge in [-0.25, -0.2) is 0 Å². The van der Waals surface area contributed by atoms with E-state index >= 15 is 0 Å². The molecular weight excluding hydrogens is 578 g/mol. The summed E-state index contributed by atoms with van der Waals surface area (Å²) < 4.78 is 0. The fraction of sp³-hybridized carbons (Fsp3) is 0.791. The minimum Gasteiger partial charge on any atom is -0.394 e. The standard InChI is InChI=1S/C43H79NO3/c1-3-5-7-9-11-13-15-17-19-20-21-22-23-25-26-28-30-32-34-36-38-42(46)41(40-45)44-43(47)39-37-35-33-31-29-27-24-18-16-14-12-10-8-6-4-2/h6,8,12,14,18,24,36,38,41-42,45-46H,3-5,7,9-11,13,15-17,19-23,25-35,37,39-40H2,1-2H3,(H,44,47)/b8-6-,14-12-,24-18-,38-36+. The Kier molecular flexibility index (Phi) is 37.4. The number of nitrogens with one attached hydrogen (secondary N) is 1. The number of unbranched alkanes of at least 4 members (excludes halogenated alkanes) is 23. The fourth-order valence-electron chi connectivity index (χ4n) is 5.96. The summed E-state index contributed by atoms with van der Waals surface area (Å²) in [6.45, 7) is 4.19. The molecular formula is C43H79NO3. The lowest BCUT2D eigenvalue weighted by molar-refractivity contribution is -0.123. The minimum absolute atomic E-state index is 0.0822. The van der Waals surface area contributed by atoms with Crippen LogP contribution in [0, 0.1) is 0 Å². The zero-order valence-electron chi connectivity index (χ0n) is 31.3. The summed E-state index contributed by atoms with van der Waals surface area (Å²) in [6, 6.07) is -0.631. The topological polar surface area (TPSA) is 69.6 Å². The van der Waals surface area contributed by atoms with Gasteiger partial charge in [-0.1, -0.05) is 191 Å². The van der Waals surface area contributed by atoms with Crippen molar-refractivity contribution in [2.75, 3.05) is 6.61 Å². The highest BCUT2D eigenvalue weighted by Gasteiger charge is 2.17. The summed E-state index contributed by atoms with van der Waals surface area (Å²) in [4.78, 5) is 12.3. The molecule has 2 unspecified atom stereocenters. The Morgan fingerprint density at radius 3 is 1.40 bits per heavy atom. The Bertz CT molecular complexity index is 756. The molecule has 0 aliphatic rings. The van der Waals surface area contributed by atoms with E-state index in [4.69, 9.17) is 0 Å². The number of amides is 1. The van der Waals surface area contributed by atoms with E-state index < -0.39 is 12.1 Å². The first-order valence-corrected chi connectivity index (χ1v) is 20.4. The van der Waals surface area contributed by atoms with Crippen LogP contribution in [0.15, 0.2) is 48.6 Å². The Balaban J connectivity index is 3.61. The van der Waals surface area contributed by atoms with Crippen molar-refractivity contribution in [2.24, 2.45) is 0 Å². The number of carbonyl (C=O) groups excluding carboxylic acids is 1. The van der Waals surface area contributed by atoms with Gasteiger partial charge in [-0.3, -0.25) is 4.79 Å². The number of hydrogen-bond donors (Lipinski definition) is 3. The van der Waals surface area contributed by atoms with Crippen molar-refractivity contribution in [2.45, 2.75) is 212 Å². The zero-order valence-corrected chi connectivity index (χ0v) is 31.3. The number of allylic oxidation sites excluding steroid dienone is 7. The summed E-state index contributed by atoms with van der Waals surface area (Å²) in [5.74, 6) is -0.0822. The van der Waals surface area contributed by atoms with Crippen LogP contribution in [0.3, 0.4) is 0 Å². The van der Waals surface area contributed by atoms with Gasteiger partial charge in [-0.05, 0) is 51.4 Å². The van der Waals surface area contributed by atoms with Gasteiger partial charge in [0.05, 0.1) is 18.8 Å². The van der Waals surface area contributed by atoms with E-state index in [1.165, 1.54) is 122 Å². The monoisotopic (exact) mass is 658 g/mol. The van der Waals surface area contributed by atoms with E-state index in [-0.39, 0.29) is 12.5 Å². The van der Waals surface area contributed by atoms with Crippen molar-refractivity contribution in [1.29, 1.82) is 0 Å². The number of rotatable bonds is 36. The van der Waals surface area contributed by atoms with Crippen LogP contribution in [-0.2, 0) is 4.79 Å². The van der Waals surface area contributed by atoms with Crippen molar-refractivity contribution in [1.82, 2.24) is 5.32 Å². The summed E-state index contributed by atoms with van der Waals surface area (Å²) >= 11 is 0. The van der Waals surface area contributed by atoms with Crippen molar-refractivity contribution in [3.8, 4) is 0 Å². The molecule has 0 spiro atoms. The van der Waals surface area contributed by atoms with Crippen LogP contribution in [0.4, 0.5) is 0 Å². The average Bonchev–Trinajstić information content (AvgIpc) is 3.07. The highest BCUT2D eigenvalue weighted by Crippen LogP contribution is 2.15. The van der Waals surface area contributed by atoms with Crippen LogP contribution in [0.1, 0.15) is 200 Å². The molecule has 274 valence electrons. The van der Waals surface area contributed by atoms with Crippen LogP contribution >= 0.6 is 0 Å². The molecule has 0 fully saturated rings. The molecule has 0 bridgehead atoms. The summed E-state index contributed by atoms with van der Waals surface area (Å²) in [7, 11) is 0. The van der Waals surface area contributed by atoms with Crippen LogP contribution < -0.4 is 5.32 Å². The maximum atomic E-state index is 12.3. The molecule has 0 aromatic carbocycles. The Labute approximate surface area is 293 Å². The first kappa shape index (κ1) is 45.3. The van der Waals surface area contributed by atoms with E-state index in [2.05, 4.69) is 55.6 Å². The SMILES string of the molecule is CC/C=C\C/C=C\C/C=C\CCCCCCCC(=O)NC(CO)C(O)/C=C/CCCCCCCCCCCCCCCCCCCC. The molecule has 0 saturated carbocycles. The lowest BCUT2D eigenvalue weighted by Gasteiger charge is -2.20. The van der Waals surface area contributed by atoms with Gasteiger partial charge in [0.25, 0.3) is 0 Å². The number of carbonyl (C=O) groups is 1. The van der Waals surface area contributed by atoms with E-state index in [0.29, 0.717) is 6.42 Å². The molecule has 4 nitrogen and oxygen atoms in total. The molecule has 0 aromatic heterocycles. The molecule has 0 saturated heterocycles. The third-order valence-electron chi connectivity index (χ3n) is 9.07. The average molecular weight is 658 g/mol. The van der Waals surface area contributed by atoms with Gasteiger partial charge < -0.3 is 15.5 Å². The predicted octanol–water partition coefficient (Wildman–Crippen LogP) is 12.4. The molecule has 0 heterocycles. The highest BCUT2D eigenvalue weighted by atomic mass is 16.3. The molecule has 47 heavy (non-hydrogen) atoms. The summed E-state index contributed by atoms with van der Waals surface area (Å²) in [6.07, 6.45) is 52.1. The second kappa shape index (κ2) is 38.8. The smallest absolute Gasteiger partial charge is 0.220 e. The van der Waals surface area contributed by atoms with Gasteiger partial charge in [0.15, 0.2) is 0 Å². The van der Waals surface area contributed by atoms with E-state index in [1.807, 2.05) is 6.08 Å². The summed E-state index contributed by atoms with van der Waals surface area (Å²) in [5.41, 5.74) is 0. The maximum Gasteiger partial charge on any atom is 0.220 e. The van der Waals surface area contributed by atoms with Gasteiger partial charge in [-0.15, -0.1) is 0 Å². The Morgan fingerprint density at radius 2 is 0.936 bits per heavy atom. The van der Waals surface area contributed by atoms with Gasteiger partial charge in [0, 0.05) is 6.42 Å². The van der Waals surface area contributed by atoms with Crippen LogP contribution in [-0.4, -0.2) is 34.9 Å². The fourth-order valence-corrected chi connectivity index (χ4v) is 5.96. The zero-order chi connectivity index (χ0) is 34.3. The molecule has 1 amide bonds. The summed E-state index contributed by atoms with van der Waals surface area (Å²) in [5, 5.41) is 23.0. The van der Waals surface area contributed by atoms with E-state index in [9.17, 15) is 15.0 Å². The minimum atomic E-state index is -0.846. The number of hydrogen-bond acceptors (Lipinski definition) is 3. The molecule has 2 atom stereocenters. The first-order chi connectivity index (χ1) is 23.2. The molecule has 0 aromatic rings. The van der Waals surface area contributed by atoms with Gasteiger partial charge in [0.2, 0.25) is 5.91 Å². The molecule has 0 rings (SSSR count). The van der Waals surface area contributed by atoms with Crippen LogP contribution in [0.25, 0.3) is 0 Å². The normalized spacial score (nSPS) is 13.5. The third kappa shape index (κ3) is 35.5. The van der Waals surface area contributed by atoms with E-state index in [0.717, 1.165) is 57.8 Å².